The summed E-state index contributed by atoms with van der Waals surface area (Å²) in [6.45, 7) is 7.86. The smallest absolute Gasteiger partial charge is 0.0406 e. The standard InChI is InChI=1S/C16H26ClN/c1-4-11-18-16(12-13(5-2)6-3)14-7-9-15(17)10-8-14/h7-10,13,16,18H,4-6,11-12H2,1-3H3. The lowest BCUT2D eigenvalue weighted by Crippen LogP contribution is -2.24. The van der Waals surface area contributed by atoms with E-state index < -0.39 is 0 Å². The van der Waals surface area contributed by atoms with Crippen molar-refractivity contribution in [1.82, 2.24) is 5.32 Å². The Kier molecular flexibility index (Phi) is 7.38. The molecule has 1 aromatic rings. The molecule has 0 amide bonds. The second kappa shape index (κ2) is 8.55. The van der Waals surface area contributed by atoms with Crippen LogP contribution in [-0.4, -0.2) is 6.54 Å². The second-order valence-corrected chi connectivity index (χ2v) is 5.41. The zero-order valence-electron chi connectivity index (χ0n) is 11.9. The number of hydrogen-bond acceptors (Lipinski definition) is 1. The van der Waals surface area contributed by atoms with E-state index in [1.54, 1.807) is 0 Å². The van der Waals surface area contributed by atoms with E-state index in [0.29, 0.717) is 6.04 Å². The molecule has 0 saturated heterocycles. The van der Waals surface area contributed by atoms with E-state index >= 15 is 0 Å². The Morgan fingerprint density at radius 1 is 1.06 bits per heavy atom. The molecular weight excluding hydrogens is 242 g/mol. The highest BCUT2D eigenvalue weighted by molar-refractivity contribution is 6.30. The van der Waals surface area contributed by atoms with Crippen molar-refractivity contribution in [3.05, 3.63) is 34.9 Å². The number of hydrogen-bond donors (Lipinski definition) is 1. The Labute approximate surface area is 117 Å². The molecule has 1 nitrogen and oxygen atoms in total. The maximum Gasteiger partial charge on any atom is 0.0406 e. The van der Waals surface area contributed by atoms with Crippen LogP contribution in [-0.2, 0) is 0 Å². The summed E-state index contributed by atoms with van der Waals surface area (Å²) in [5, 5.41) is 4.48. The molecule has 0 aromatic heterocycles. The van der Waals surface area contributed by atoms with Gasteiger partial charge in [-0.25, -0.2) is 0 Å². The fraction of sp³-hybridized carbons (Fsp3) is 0.625. The first-order valence-electron chi connectivity index (χ1n) is 7.20. The van der Waals surface area contributed by atoms with Crippen LogP contribution in [0.25, 0.3) is 0 Å². The Morgan fingerprint density at radius 2 is 1.67 bits per heavy atom. The van der Waals surface area contributed by atoms with Gasteiger partial charge in [-0.15, -0.1) is 0 Å². The van der Waals surface area contributed by atoms with Crippen LogP contribution >= 0.6 is 11.6 Å². The molecule has 0 aliphatic heterocycles. The van der Waals surface area contributed by atoms with E-state index in [-0.39, 0.29) is 0 Å². The molecule has 0 heterocycles. The van der Waals surface area contributed by atoms with E-state index in [2.05, 4.69) is 38.2 Å². The summed E-state index contributed by atoms with van der Waals surface area (Å²) < 4.78 is 0. The summed E-state index contributed by atoms with van der Waals surface area (Å²) in [7, 11) is 0. The molecule has 1 unspecified atom stereocenters. The molecule has 2 heteroatoms. The van der Waals surface area contributed by atoms with E-state index in [9.17, 15) is 0 Å². The lowest BCUT2D eigenvalue weighted by molar-refractivity contribution is 0.371. The van der Waals surface area contributed by atoms with Gasteiger partial charge in [-0.05, 0) is 43.0 Å². The van der Waals surface area contributed by atoms with Crippen molar-refractivity contribution in [2.45, 2.75) is 52.5 Å². The van der Waals surface area contributed by atoms with E-state index in [1.807, 2.05) is 12.1 Å². The van der Waals surface area contributed by atoms with Crippen LogP contribution in [0.15, 0.2) is 24.3 Å². The third-order valence-corrected chi connectivity index (χ3v) is 3.89. The quantitative estimate of drug-likeness (QED) is 0.682. The molecule has 0 saturated carbocycles. The van der Waals surface area contributed by atoms with Gasteiger partial charge >= 0.3 is 0 Å². The Balaban J connectivity index is 2.73. The first kappa shape index (κ1) is 15.5. The molecule has 0 aliphatic carbocycles. The minimum atomic E-state index is 0.465. The van der Waals surface area contributed by atoms with Crippen molar-refractivity contribution in [3.8, 4) is 0 Å². The van der Waals surface area contributed by atoms with Crippen molar-refractivity contribution >= 4 is 11.6 Å². The Bertz CT molecular complexity index is 316. The summed E-state index contributed by atoms with van der Waals surface area (Å²) in [4.78, 5) is 0. The maximum atomic E-state index is 5.96. The molecule has 1 aromatic carbocycles. The van der Waals surface area contributed by atoms with E-state index in [0.717, 1.165) is 17.5 Å². The fourth-order valence-corrected chi connectivity index (χ4v) is 2.43. The predicted octanol–water partition coefficient (Wildman–Crippen LogP) is 5.21. The minimum Gasteiger partial charge on any atom is -0.310 e. The summed E-state index contributed by atoms with van der Waals surface area (Å²) in [6.07, 6.45) is 4.91. The zero-order chi connectivity index (χ0) is 13.4. The Morgan fingerprint density at radius 3 is 2.17 bits per heavy atom. The molecule has 1 N–H and O–H groups in total. The van der Waals surface area contributed by atoms with Crippen LogP contribution in [0.3, 0.4) is 0 Å². The number of halogens is 1. The molecule has 1 rings (SSSR count). The van der Waals surface area contributed by atoms with Gasteiger partial charge in [0.15, 0.2) is 0 Å². The highest BCUT2D eigenvalue weighted by Gasteiger charge is 2.15. The van der Waals surface area contributed by atoms with Crippen molar-refractivity contribution in [3.63, 3.8) is 0 Å². The van der Waals surface area contributed by atoms with Gasteiger partial charge in [0.1, 0.15) is 0 Å². The predicted molar refractivity (Wildman–Crippen MR) is 81.2 cm³/mol. The van der Waals surface area contributed by atoms with Crippen LogP contribution in [0.1, 0.15) is 58.1 Å². The first-order chi connectivity index (χ1) is 8.71. The average molecular weight is 268 g/mol. The van der Waals surface area contributed by atoms with Crippen LogP contribution in [0.2, 0.25) is 5.02 Å². The van der Waals surface area contributed by atoms with Crippen LogP contribution < -0.4 is 5.32 Å². The normalized spacial score (nSPS) is 12.9. The SMILES string of the molecule is CCCNC(CC(CC)CC)c1ccc(Cl)cc1. The molecule has 0 spiro atoms. The highest BCUT2D eigenvalue weighted by atomic mass is 35.5. The summed E-state index contributed by atoms with van der Waals surface area (Å²) in [5.41, 5.74) is 1.36. The molecule has 102 valence electrons. The van der Waals surface area contributed by atoms with E-state index in [1.165, 1.54) is 31.2 Å². The summed E-state index contributed by atoms with van der Waals surface area (Å²) >= 11 is 5.96. The molecule has 0 radical (unpaired) electrons. The summed E-state index contributed by atoms with van der Waals surface area (Å²) in [6, 6.07) is 8.75. The van der Waals surface area contributed by atoms with Crippen LogP contribution in [0, 0.1) is 5.92 Å². The van der Waals surface area contributed by atoms with Crippen LogP contribution in [0.4, 0.5) is 0 Å². The maximum absolute atomic E-state index is 5.96. The van der Waals surface area contributed by atoms with Crippen molar-refractivity contribution in [2.24, 2.45) is 5.92 Å². The lowest BCUT2D eigenvalue weighted by Gasteiger charge is -2.23. The van der Waals surface area contributed by atoms with Crippen molar-refractivity contribution < 1.29 is 0 Å². The first-order valence-corrected chi connectivity index (χ1v) is 7.57. The number of benzene rings is 1. The van der Waals surface area contributed by atoms with Gasteiger partial charge in [-0.2, -0.15) is 0 Å². The third kappa shape index (κ3) is 4.99. The largest absolute Gasteiger partial charge is 0.310 e. The fourth-order valence-electron chi connectivity index (χ4n) is 2.31. The Hall–Kier alpha value is -0.530. The molecular formula is C16H26ClN. The van der Waals surface area contributed by atoms with Gasteiger partial charge in [0, 0.05) is 11.1 Å². The lowest BCUT2D eigenvalue weighted by atomic mass is 9.91. The number of nitrogens with one attached hydrogen (secondary N) is 1. The molecule has 1 atom stereocenters. The van der Waals surface area contributed by atoms with Crippen molar-refractivity contribution in [1.29, 1.82) is 0 Å². The van der Waals surface area contributed by atoms with Gasteiger partial charge in [0.25, 0.3) is 0 Å². The van der Waals surface area contributed by atoms with Gasteiger partial charge in [0.05, 0.1) is 0 Å². The van der Waals surface area contributed by atoms with Crippen LogP contribution in [0.5, 0.6) is 0 Å². The summed E-state index contributed by atoms with van der Waals surface area (Å²) in [5.74, 6) is 0.801. The monoisotopic (exact) mass is 267 g/mol. The van der Waals surface area contributed by atoms with Crippen molar-refractivity contribution in [2.75, 3.05) is 6.54 Å². The van der Waals surface area contributed by atoms with Gasteiger partial charge in [-0.3, -0.25) is 0 Å². The second-order valence-electron chi connectivity index (χ2n) is 4.98. The molecule has 0 fully saturated rings. The number of rotatable bonds is 8. The highest BCUT2D eigenvalue weighted by Crippen LogP contribution is 2.26. The van der Waals surface area contributed by atoms with Gasteiger partial charge in [-0.1, -0.05) is 57.3 Å². The van der Waals surface area contributed by atoms with Gasteiger partial charge < -0.3 is 5.32 Å². The zero-order valence-corrected chi connectivity index (χ0v) is 12.6. The molecule has 0 aliphatic rings. The van der Waals surface area contributed by atoms with E-state index in [4.69, 9.17) is 11.6 Å². The minimum absolute atomic E-state index is 0.465. The van der Waals surface area contributed by atoms with Gasteiger partial charge in [0.2, 0.25) is 0 Å². The topological polar surface area (TPSA) is 12.0 Å². The molecule has 0 bridgehead atoms. The third-order valence-electron chi connectivity index (χ3n) is 3.64. The average Bonchev–Trinajstić information content (AvgIpc) is 2.40. The molecule has 18 heavy (non-hydrogen) atoms.